The highest BCUT2D eigenvalue weighted by Crippen LogP contribution is 2.26. The quantitative estimate of drug-likeness (QED) is 0.577. The molecule has 1 aliphatic heterocycles. The number of ether oxygens (including phenoxy) is 1. The van der Waals surface area contributed by atoms with Gasteiger partial charge in [-0.3, -0.25) is 4.79 Å². The topological polar surface area (TPSA) is 64.4 Å². The lowest BCUT2D eigenvalue weighted by atomic mass is 10.1. The van der Waals surface area contributed by atoms with E-state index in [4.69, 9.17) is 16.3 Å². The molecule has 0 spiro atoms. The number of anilines is 1. The van der Waals surface area contributed by atoms with Crippen molar-refractivity contribution >= 4 is 34.4 Å². The van der Waals surface area contributed by atoms with Crippen LogP contribution < -0.4 is 10.3 Å². The van der Waals surface area contributed by atoms with Crippen LogP contribution in [-0.4, -0.2) is 35.2 Å². The SMILES string of the molecule is CCOC(=O)c1cn(-c2ccc(Cl)cc2)c2nc(N3CCCCC3)c(F)cc2c1=O. The summed E-state index contributed by atoms with van der Waals surface area (Å²) in [6, 6.07) is 8.04. The van der Waals surface area contributed by atoms with Crippen LogP contribution in [0.15, 0.2) is 41.3 Å². The number of hydrogen-bond acceptors (Lipinski definition) is 5. The molecule has 4 rings (SSSR count). The molecule has 0 N–H and O–H groups in total. The van der Waals surface area contributed by atoms with Crippen molar-refractivity contribution in [2.24, 2.45) is 0 Å². The molecule has 0 aliphatic carbocycles. The van der Waals surface area contributed by atoms with E-state index >= 15 is 0 Å². The van der Waals surface area contributed by atoms with Crippen molar-refractivity contribution in [3.8, 4) is 5.69 Å². The van der Waals surface area contributed by atoms with Gasteiger partial charge in [-0.1, -0.05) is 11.6 Å². The standard InChI is InChI=1S/C22H21ClFN3O3/c1-2-30-22(29)17-13-27(15-8-6-14(23)7-9-15)20-16(19(17)28)12-18(24)21(25-20)26-10-4-3-5-11-26/h6-9,12-13H,2-5,10-11H2,1H3. The van der Waals surface area contributed by atoms with Gasteiger partial charge in [0.1, 0.15) is 5.56 Å². The Labute approximate surface area is 177 Å². The fourth-order valence-corrected chi connectivity index (χ4v) is 3.82. The lowest BCUT2D eigenvalue weighted by molar-refractivity contribution is 0.0524. The molecule has 1 aliphatic rings. The van der Waals surface area contributed by atoms with Gasteiger partial charge in [-0.2, -0.15) is 0 Å². The molecule has 1 aromatic carbocycles. The summed E-state index contributed by atoms with van der Waals surface area (Å²) in [5.41, 5.74) is 0.132. The van der Waals surface area contributed by atoms with E-state index in [1.54, 1.807) is 35.8 Å². The van der Waals surface area contributed by atoms with Crippen LogP contribution in [0.25, 0.3) is 16.7 Å². The molecule has 0 amide bonds. The average molecular weight is 430 g/mol. The van der Waals surface area contributed by atoms with Gasteiger partial charge in [0.05, 0.1) is 12.0 Å². The molecule has 156 valence electrons. The van der Waals surface area contributed by atoms with Crippen LogP contribution >= 0.6 is 11.6 Å². The maximum absolute atomic E-state index is 15.0. The molecule has 3 heterocycles. The summed E-state index contributed by atoms with van der Waals surface area (Å²) >= 11 is 6.01. The number of carbonyl (C=O) groups excluding carboxylic acids is 1. The van der Waals surface area contributed by atoms with Crippen LogP contribution in [0.1, 0.15) is 36.5 Å². The summed E-state index contributed by atoms with van der Waals surface area (Å²) < 4.78 is 21.6. The van der Waals surface area contributed by atoms with Crippen LogP contribution in [0.4, 0.5) is 10.2 Å². The van der Waals surface area contributed by atoms with Gasteiger partial charge >= 0.3 is 5.97 Å². The van der Waals surface area contributed by atoms with Crippen molar-refractivity contribution in [3.63, 3.8) is 0 Å². The van der Waals surface area contributed by atoms with Gasteiger partial charge in [0, 0.05) is 30.0 Å². The second-order valence-electron chi connectivity index (χ2n) is 7.15. The van der Waals surface area contributed by atoms with Crippen LogP contribution in [0.3, 0.4) is 0 Å². The second-order valence-corrected chi connectivity index (χ2v) is 7.59. The van der Waals surface area contributed by atoms with Crippen molar-refractivity contribution in [2.45, 2.75) is 26.2 Å². The Hall–Kier alpha value is -2.93. The number of carbonyl (C=O) groups is 1. The first kappa shape index (κ1) is 20.3. The van der Waals surface area contributed by atoms with E-state index in [1.165, 1.54) is 12.3 Å². The van der Waals surface area contributed by atoms with Crippen molar-refractivity contribution < 1.29 is 13.9 Å². The highest BCUT2D eigenvalue weighted by molar-refractivity contribution is 6.30. The third-order valence-corrected chi connectivity index (χ3v) is 5.42. The summed E-state index contributed by atoms with van der Waals surface area (Å²) in [5.74, 6) is -1.12. The van der Waals surface area contributed by atoms with E-state index in [0.29, 0.717) is 23.8 Å². The second kappa shape index (κ2) is 8.44. The van der Waals surface area contributed by atoms with Crippen molar-refractivity contribution in [2.75, 3.05) is 24.6 Å². The van der Waals surface area contributed by atoms with Crippen molar-refractivity contribution in [1.82, 2.24) is 9.55 Å². The third kappa shape index (κ3) is 3.77. The normalized spacial score (nSPS) is 14.2. The summed E-state index contributed by atoms with van der Waals surface area (Å²) in [6.07, 6.45) is 4.43. The summed E-state index contributed by atoms with van der Waals surface area (Å²) in [6.45, 7) is 3.20. The number of halogens is 2. The minimum atomic E-state index is -0.757. The lowest BCUT2D eigenvalue weighted by Gasteiger charge is -2.28. The van der Waals surface area contributed by atoms with E-state index in [1.807, 2.05) is 4.90 Å². The van der Waals surface area contributed by atoms with E-state index < -0.39 is 17.2 Å². The largest absolute Gasteiger partial charge is 0.462 e. The Bertz CT molecular complexity index is 1150. The summed E-state index contributed by atoms with van der Waals surface area (Å²) in [7, 11) is 0. The lowest BCUT2D eigenvalue weighted by Crippen LogP contribution is -2.31. The van der Waals surface area contributed by atoms with Gasteiger partial charge in [0.25, 0.3) is 0 Å². The van der Waals surface area contributed by atoms with E-state index in [-0.39, 0.29) is 29.0 Å². The number of rotatable bonds is 4. The molecule has 2 aromatic heterocycles. The Morgan fingerprint density at radius 1 is 1.20 bits per heavy atom. The maximum Gasteiger partial charge on any atom is 0.343 e. The Kier molecular flexibility index (Phi) is 5.72. The monoisotopic (exact) mass is 429 g/mol. The number of aromatic nitrogens is 2. The number of piperidine rings is 1. The molecular weight excluding hydrogens is 409 g/mol. The van der Waals surface area contributed by atoms with Gasteiger partial charge in [-0.15, -0.1) is 0 Å². The predicted molar refractivity (Wildman–Crippen MR) is 114 cm³/mol. The van der Waals surface area contributed by atoms with Crippen LogP contribution in [-0.2, 0) is 4.74 Å². The smallest absolute Gasteiger partial charge is 0.343 e. The fourth-order valence-electron chi connectivity index (χ4n) is 3.69. The third-order valence-electron chi connectivity index (χ3n) is 5.17. The molecule has 1 saturated heterocycles. The zero-order chi connectivity index (χ0) is 21.3. The highest BCUT2D eigenvalue weighted by Gasteiger charge is 2.23. The predicted octanol–water partition coefficient (Wildman–Crippen LogP) is 4.35. The number of benzene rings is 1. The van der Waals surface area contributed by atoms with Crippen molar-refractivity contribution in [3.05, 3.63) is 63.2 Å². The van der Waals surface area contributed by atoms with Crippen LogP contribution in [0.5, 0.6) is 0 Å². The Balaban J connectivity index is 1.98. The number of pyridine rings is 2. The van der Waals surface area contributed by atoms with Crippen molar-refractivity contribution in [1.29, 1.82) is 0 Å². The number of nitrogens with zero attached hydrogens (tertiary/aromatic N) is 3. The number of hydrogen-bond donors (Lipinski definition) is 0. The van der Waals surface area contributed by atoms with Gasteiger partial charge in [0.2, 0.25) is 5.43 Å². The first-order valence-corrected chi connectivity index (χ1v) is 10.3. The Morgan fingerprint density at radius 2 is 1.90 bits per heavy atom. The number of esters is 1. The average Bonchev–Trinajstić information content (AvgIpc) is 2.75. The fraction of sp³-hybridized carbons (Fsp3) is 0.318. The molecule has 0 bridgehead atoms. The minimum Gasteiger partial charge on any atom is -0.462 e. The van der Waals surface area contributed by atoms with E-state index in [0.717, 1.165) is 19.3 Å². The van der Waals surface area contributed by atoms with Gasteiger partial charge in [-0.05, 0) is 56.5 Å². The van der Waals surface area contributed by atoms with Crippen LogP contribution in [0.2, 0.25) is 5.02 Å². The van der Waals surface area contributed by atoms with Gasteiger partial charge in [-0.25, -0.2) is 14.2 Å². The zero-order valence-corrected chi connectivity index (χ0v) is 17.3. The molecule has 0 radical (unpaired) electrons. The first-order valence-electron chi connectivity index (χ1n) is 9.93. The van der Waals surface area contributed by atoms with Crippen LogP contribution in [0, 0.1) is 5.82 Å². The van der Waals surface area contributed by atoms with E-state index in [2.05, 4.69) is 4.98 Å². The molecule has 3 aromatic rings. The maximum atomic E-state index is 15.0. The molecular formula is C22H21ClFN3O3. The first-order chi connectivity index (χ1) is 14.5. The molecule has 0 unspecified atom stereocenters. The molecule has 1 fully saturated rings. The zero-order valence-electron chi connectivity index (χ0n) is 16.5. The Morgan fingerprint density at radius 3 is 2.57 bits per heavy atom. The van der Waals surface area contributed by atoms with Gasteiger partial charge in [0.15, 0.2) is 17.3 Å². The number of fused-ring (bicyclic) bond motifs is 1. The molecule has 0 saturated carbocycles. The molecule has 8 heteroatoms. The molecule has 0 atom stereocenters. The molecule has 30 heavy (non-hydrogen) atoms. The van der Waals surface area contributed by atoms with E-state index in [9.17, 15) is 14.0 Å². The summed E-state index contributed by atoms with van der Waals surface area (Å²) in [4.78, 5) is 31.8. The highest BCUT2D eigenvalue weighted by atomic mass is 35.5. The summed E-state index contributed by atoms with van der Waals surface area (Å²) in [5, 5.41) is 0.566. The molecule has 6 nitrogen and oxygen atoms in total. The minimum absolute atomic E-state index is 0.0220. The van der Waals surface area contributed by atoms with Gasteiger partial charge < -0.3 is 14.2 Å².